The monoisotopic (exact) mass is 178 g/mol. The van der Waals surface area contributed by atoms with E-state index >= 15 is 0 Å². The molecule has 0 saturated carbocycles. The zero-order valence-corrected chi connectivity index (χ0v) is 5.93. The van der Waals surface area contributed by atoms with Crippen LogP contribution in [0, 0.1) is 0 Å². The molecule has 0 nitrogen and oxygen atoms in total. The van der Waals surface area contributed by atoms with Gasteiger partial charge in [0.05, 0.1) is 0 Å². The predicted molar refractivity (Wildman–Crippen MR) is 26.4 cm³/mol. The molecular weight excluding hydrogens is 178 g/mol. The Morgan fingerprint density at radius 2 is 1.50 bits per heavy atom. The molecule has 0 aromatic heterocycles. The van der Waals surface area contributed by atoms with Crippen LogP contribution in [0.3, 0.4) is 0 Å². The molecule has 0 heterocycles. The third kappa shape index (κ3) is 9.75. The zero-order valence-electron chi connectivity index (χ0n) is 1.65. The van der Waals surface area contributed by atoms with Crippen LogP contribution in [0.2, 0.25) is 0 Å². The molecule has 0 spiro atoms. The van der Waals surface area contributed by atoms with Gasteiger partial charge in [-0.15, -0.1) is 0 Å². The van der Waals surface area contributed by atoms with Gasteiger partial charge in [-0.3, -0.25) is 0 Å². The van der Waals surface area contributed by atoms with Crippen molar-refractivity contribution in [1.29, 1.82) is 0 Å². The van der Waals surface area contributed by atoms with E-state index in [1.807, 2.05) is 0 Å². The fraction of sp³-hybridized carbons (Fsp3) is 0. The molecule has 0 aliphatic carbocycles. The molecule has 0 aliphatic heterocycles. The van der Waals surface area contributed by atoms with Gasteiger partial charge >= 0.3 is 42.4 Å². The van der Waals surface area contributed by atoms with Crippen LogP contribution in [0.25, 0.3) is 0 Å². The van der Waals surface area contributed by atoms with E-state index < -0.39 is 11.6 Å². The molecule has 0 bridgehead atoms. The van der Waals surface area contributed by atoms with Crippen molar-refractivity contribution in [3.8, 4) is 0 Å². The van der Waals surface area contributed by atoms with Gasteiger partial charge in [-0.2, -0.15) is 0 Å². The van der Waals surface area contributed by atoms with Gasteiger partial charge < -0.3 is 0 Å². The average molecular weight is 179 g/mol. The molecule has 0 amide bonds. The maximum atomic E-state index is 5.05. The van der Waals surface area contributed by atoms with E-state index in [1.165, 1.54) is 0 Å². The Bertz CT molecular complexity index is 10.8. The second-order valence-corrected chi connectivity index (χ2v) is 10.1. The first-order valence-corrected chi connectivity index (χ1v) is 8.39. The van der Waals surface area contributed by atoms with Gasteiger partial charge in [-0.05, 0) is 0 Å². The molecular formula is HAsCl2S. The molecule has 0 rings (SSSR count). The second-order valence-electron chi connectivity index (χ2n) is 0.215. The van der Waals surface area contributed by atoms with Gasteiger partial charge in [0.2, 0.25) is 0 Å². The van der Waals surface area contributed by atoms with Gasteiger partial charge in [0, 0.05) is 0 Å². The Morgan fingerprint density at radius 3 is 1.50 bits per heavy atom. The minimum absolute atomic E-state index is 1.55. The maximum absolute atomic E-state index is 5.05. The molecule has 0 aliphatic rings. The van der Waals surface area contributed by atoms with Crippen molar-refractivity contribution >= 4 is 42.4 Å². The van der Waals surface area contributed by atoms with E-state index in [0.29, 0.717) is 0 Å². The summed E-state index contributed by atoms with van der Waals surface area (Å²) in [5.74, 6) is 0. The summed E-state index contributed by atoms with van der Waals surface area (Å²) in [6.45, 7) is 0. The molecule has 0 unspecified atom stereocenters. The van der Waals surface area contributed by atoms with Gasteiger partial charge in [0.15, 0.2) is 0 Å². The Morgan fingerprint density at radius 1 is 1.50 bits per heavy atom. The molecule has 4 heavy (non-hydrogen) atoms. The summed E-state index contributed by atoms with van der Waals surface area (Å²) in [6.07, 6.45) is 0. The third-order valence-corrected chi connectivity index (χ3v) is 0. The number of thiol groups is 1. The van der Waals surface area contributed by atoms with E-state index in [-0.39, 0.29) is 0 Å². The molecule has 0 fully saturated rings. The van der Waals surface area contributed by atoms with Gasteiger partial charge in [0.1, 0.15) is 0 Å². The minimum atomic E-state index is -1.55. The van der Waals surface area contributed by atoms with Crippen molar-refractivity contribution in [2.24, 2.45) is 0 Å². The quantitative estimate of drug-likeness (QED) is 0.421. The van der Waals surface area contributed by atoms with Crippen LogP contribution in [0.4, 0.5) is 0 Å². The molecule has 0 radical (unpaired) electrons. The SMILES string of the molecule is S[As](Cl)Cl. The Hall–Kier alpha value is 1.49. The molecule has 0 aromatic rings. The predicted octanol–water partition coefficient (Wildman–Crippen LogP) is 1.38. The third-order valence-electron chi connectivity index (χ3n) is 0. The molecule has 0 N–H and O–H groups in total. The summed E-state index contributed by atoms with van der Waals surface area (Å²) in [7, 11) is 13.7. The van der Waals surface area contributed by atoms with E-state index in [9.17, 15) is 0 Å². The Kier molecular flexibility index (Phi) is 3.72. The van der Waals surface area contributed by atoms with Crippen LogP contribution < -0.4 is 0 Å². The first-order chi connectivity index (χ1) is 1.73. The van der Waals surface area contributed by atoms with Crippen LogP contribution >= 0.6 is 30.8 Å². The molecule has 0 atom stereocenters. The topological polar surface area (TPSA) is 0 Å². The van der Waals surface area contributed by atoms with Crippen molar-refractivity contribution in [1.82, 2.24) is 0 Å². The van der Waals surface area contributed by atoms with Gasteiger partial charge in [0.25, 0.3) is 0 Å². The van der Waals surface area contributed by atoms with Crippen molar-refractivity contribution in [2.45, 2.75) is 0 Å². The molecule has 4 heteroatoms. The molecule has 0 aromatic carbocycles. The second kappa shape index (κ2) is 2.71. The van der Waals surface area contributed by atoms with Crippen LogP contribution in [-0.2, 0) is 0 Å². The Labute approximate surface area is 42.4 Å². The van der Waals surface area contributed by atoms with Crippen LogP contribution in [-0.4, -0.2) is 11.6 Å². The number of halogens is 2. The summed E-state index contributed by atoms with van der Waals surface area (Å²) in [5, 5.41) is 0. The van der Waals surface area contributed by atoms with Crippen molar-refractivity contribution in [3.63, 3.8) is 0 Å². The fourth-order valence-corrected chi connectivity index (χ4v) is 0. The summed E-state index contributed by atoms with van der Waals surface area (Å²) in [5.41, 5.74) is 0. The summed E-state index contributed by atoms with van der Waals surface area (Å²) in [6, 6.07) is 0. The van der Waals surface area contributed by atoms with Crippen LogP contribution in [0.1, 0.15) is 0 Å². The molecule has 0 saturated heterocycles. The van der Waals surface area contributed by atoms with Gasteiger partial charge in [-0.25, -0.2) is 0 Å². The van der Waals surface area contributed by atoms with E-state index in [1.54, 1.807) is 0 Å². The normalized spacial score (nSPS) is 9.00. The average Bonchev–Trinajstić information content (AvgIpc) is 0.811. The van der Waals surface area contributed by atoms with Crippen molar-refractivity contribution in [2.75, 3.05) is 0 Å². The zero-order chi connectivity index (χ0) is 3.58. The number of rotatable bonds is 0. The summed E-state index contributed by atoms with van der Waals surface area (Å²) in [4.78, 5) is 0. The standard InChI is InChI=1S/AsCl2HS/c2-1(3)4/h4H. The van der Waals surface area contributed by atoms with E-state index in [4.69, 9.17) is 19.9 Å². The van der Waals surface area contributed by atoms with E-state index in [0.717, 1.165) is 0 Å². The first-order valence-electron chi connectivity index (χ1n) is 0.538. The van der Waals surface area contributed by atoms with Crippen molar-refractivity contribution < 1.29 is 0 Å². The van der Waals surface area contributed by atoms with E-state index in [2.05, 4.69) is 10.9 Å². The Balaban J connectivity index is 2.32. The molecule has 26 valence electrons. The summed E-state index contributed by atoms with van der Waals surface area (Å²) >= 11 is -1.55. The van der Waals surface area contributed by atoms with Crippen LogP contribution in [0.5, 0.6) is 0 Å². The fourth-order valence-electron chi connectivity index (χ4n) is 0. The van der Waals surface area contributed by atoms with Crippen molar-refractivity contribution in [3.05, 3.63) is 0 Å². The first kappa shape index (κ1) is 5.49. The number of hydrogen-bond acceptors (Lipinski definition) is 1. The summed E-state index contributed by atoms with van der Waals surface area (Å²) < 4.78 is 0. The number of hydrogen-bond donors (Lipinski definition) is 1. The van der Waals surface area contributed by atoms with Crippen LogP contribution in [0.15, 0.2) is 0 Å². The van der Waals surface area contributed by atoms with Gasteiger partial charge in [-0.1, -0.05) is 0 Å².